The van der Waals surface area contributed by atoms with E-state index >= 15 is 0 Å². The predicted molar refractivity (Wildman–Crippen MR) is 150 cm³/mol. The van der Waals surface area contributed by atoms with E-state index < -0.39 is 0 Å². The molecule has 6 heteroatoms. The molecule has 0 atom stereocenters. The first kappa shape index (κ1) is 34.6. The van der Waals surface area contributed by atoms with E-state index in [1.54, 1.807) is 13.8 Å². The molecule has 0 spiro atoms. The molecule has 0 aliphatic carbocycles. The van der Waals surface area contributed by atoms with E-state index in [1.807, 2.05) is 0 Å². The molecule has 0 aromatic carbocycles. The highest BCUT2D eigenvalue weighted by atomic mass is 15.1. The summed E-state index contributed by atoms with van der Waals surface area (Å²) in [7, 11) is 0. The van der Waals surface area contributed by atoms with Gasteiger partial charge in [0.05, 0.1) is 0 Å². The lowest BCUT2D eigenvalue weighted by atomic mass is 10.1. The minimum absolute atomic E-state index is 0.784. The largest absolute Gasteiger partial charge is 0.330 e. The fraction of sp³-hybridized carbons (Fsp3) is 0.786. The highest BCUT2D eigenvalue weighted by molar-refractivity contribution is 5.34. The molecule has 34 heavy (non-hydrogen) atoms. The van der Waals surface area contributed by atoms with Crippen LogP contribution < -0.4 is 22.9 Å². The molecule has 0 bridgehead atoms. The van der Waals surface area contributed by atoms with Crippen LogP contribution in [-0.2, 0) is 0 Å². The minimum Gasteiger partial charge on any atom is -0.330 e. The predicted octanol–water partition coefficient (Wildman–Crippen LogP) is 2.36. The summed E-state index contributed by atoms with van der Waals surface area (Å²) in [5.41, 5.74) is 22.5. The van der Waals surface area contributed by atoms with E-state index in [1.165, 1.54) is 51.6 Å². The molecule has 0 rings (SSSR count). The van der Waals surface area contributed by atoms with Crippen molar-refractivity contribution < 1.29 is 0 Å². The average molecular weight is 475 g/mol. The third-order valence-electron chi connectivity index (χ3n) is 5.35. The van der Waals surface area contributed by atoms with Gasteiger partial charge < -0.3 is 32.7 Å². The molecule has 0 saturated heterocycles. The van der Waals surface area contributed by atoms with Crippen LogP contribution in [0, 0.1) is 35.5 Å². The summed E-state index contributed by atoms with van der Waals surface area (Å²) in [6, 6.07) is 0. The second kappa shape index (κ2) is 31.4. The third kappa shape index (κ3) is 28.5. The Balaban J connectivity index is 0. The molecule has 196 valence electrons. The number of unbranched alkanes of at least 4 members (excludes halogenated alkanes) is 5. The molecule has 0 aliphatic heterocycles. The van der Waals surface area contributed by atoms with Gasteiger partial charge in [-0.15, -0.1) is 0 Å². The van der Waals surface area contributed by atoms with Crippen molar-refractivity contribution in [3.8, 4) is 35.5 Å². The number of nitrogens with zero attached hydrogens (tertiary/aromatic N) is 2. The van der Waals surface area contributed by atoms with Gasteiger partial charge in [-0.1, -0.05) is 37.5 Å². The Morgan fingerprint density at radius 3 is 0.912 bits per heavy atom. The van der Waals surface area contributed by atoms with E-state index in [4.69, 9.17) is 22.9 Å². The third-order valence-corrected chi connectivity index (χ3v) is 5.35. The Kier molecular flexibility index (Phi) is 32.0. The molecule has 0 radical (unpaired) electrons. The fourth-order valence-electron chi connectivity index (χ4n) is 3.50. The van der Waals surface area contributed by atoms with Gasteiger partial charge in [0.15, 0.2) is 0 Å². The Bertz CT molecular complexity index is 521. The zero-order valence-corrected chi connectivity index (χ0v) is 22.3. The van der Waals surface area contributed by atoms with E-state index in [2.05, 4.69) is 45.3 Å². The molecule has 0 aliphatic rings. The normalized spacial score (nSPS) is 9.88. The molecule has 0 aromatic heterocycles. The van der Waals surface area contributed by atoms with Gasteiger partial charge in [-0.3, -0.25) is 0 Å². The van der Waals surface area contributed by atoms with E-state index in [0.717, 1.165) is 78.0 Å². The molecule has 0 heterocycles. The van der Waals surface area contributed by atoms with Crippen molar-refractivity contribution in [2.75, 3.05) is 65.4 Å². The van der Waals surface area contributed by atoms with Gasteiger partial charge in [0.25, 0.3) is 0 Å². The molecule has 6 nitrogen and oxygen atoms in total. The van der Waals surface area contributed by atoms with Crippen molar-refractivity contribution in [3.63, 3.8) is 0 Å². The quantitative estimate of drug-likeness (QED) is 0.150. The summed E-state index contributed by atoms with van der Waals surface area (Å²) < 4.78 is 0. The van der Waals surface area contributed by atoms with Crippen LogP contribution in [0.15, 0.2) is 0 Å². The van der Waals surface area contributed by atoms with Gasteiger partial charge >= 0.3 is 0 Å². The first-order valence-electron chi connectivity index (χ1n) is 13.3. The molecule has 0 fully saturated rings. The molecular weight excluding hydrogens is 420 g/mol. The highest BCUT2D eigenvalue weighted by Crippen LogP contribution is 2.08. The fourth-order valence-corrected chi connectivity index (χ4v) is 3.50. The summed E-state index contributed by atoms with van der Waals surface area (Å²) in [5.74, 6) is 15.5. The van der Waals surface area contributed by atoms with E-state index in [0.29, 0.717) is 0 Å². The summed E-state index contributed by atoms with van der Waals surface area (Å²) in [6.07, 6.45) is 12.4. The maximum absolute atomic E-state index is 5.64. The maximum Gasteiger partial charge on any atom is -0.000671 e. The molecule has 8 N–H and O–H groups in total. The van der Waals surface area contributed by atoms with Crippen LogP contribution in [0.4, 0.5) is 0 Å². The smallest absolute Gasteiger partial charge is 0.000671 e. The van der Waals surface area contributed by atoms with Crippen molar-refractivity contribution in [2.24, 2.45) is 22.9 Å². The second-order valence-corrected chi connectivity index (χ2v) is 8.37. The van der Waals surface area contributed by atoms with Gasteiger partial charge in [0, 0.05) is 0 Å². The van der Waals surface area contributed by atoms with Gasteiger partial charge in [-0.25, -0.2) is 0 Å². The highest BCUT2D eigenvalue weighted by Gasteiger charge is 2.05. The van der Waals surface area contributed by atoms with Gasteiger partial charge in [-0.05, 0) is 142 Å². The first-order valence-corrected chi connectivity index (χ1v) is 13.3. The summed E-state index contributed by atoms with van der Waals surface area (Å²) in [4.78, 5) is 5.07. The zero-order valence-electron chi connectivity index (χ0n) is 22.3. The van der Waals surface area contributed by atoms with Crippen LogP contribution in [0.3, 0.4) is 0 Å². The Labute approximate surface area is 211 Å². The number of rotatable bonds is 21. The lowest BCUT2D eigenvalue weighted by Gasteiger charge is -2.22. The van der Waals surface area contributed by atoms with Crippen molar-refractivity contribution in [2.45, 2.75) is 78.1 Å². The molecular formula is C28H54N6. The van der Waals surface area contributed by atoms with Crippen LogP contribution in [0.2, 0.25) is 0 Å². The standard InChI is InChI=1S/C20H48N6.C8H6/c21-11-7-17-25(18-8-12-22)15-5-3-1-2-4-6-16-26(19-9-13-23)20-10-14-24;1-3-5-7-8-6-4-2/h1-24H2;1-2H3. The van der Waals surface area contributed by atoms with Crippen molar-refractivity contribution in [1.29, 1.82) is 0 Å². The average Bonchev–Trinajstić information content (AvgIpc) is 2.86. The topological polar surface area (TPSA) is 111 Å². The van der Waals surface area contributed by atoms with Gasteiger partial charge in [-0.2, -0.15) is 0 Å². The van der Waals surface area contributed by atoms with Crippen LogP contribution in [0.1, 0.15) is 78.1 Å². The van der Waals surface area contributed by atoms with E-state index in [9.17, 15) is 0 Å². The van der Waals surface area contributed by atoms with Crippen LogP contribution in [0.25, 0.3) is 0 Å². The summed E-state index contributed by atoms with van der Waals surface area (Å²) in [5, 5.41) is 0. The zero-order chi connectivity index (χ0) is 25.5. The minimum atomic E-state index is 0.784. The lowest BCUT2D eigenvalue weighted by Crippen LogP contribution is -2.30. The van der Waals surface area contributed by atoms with Crippen molar-refractivity contribution in [3.05, 3.63) is 0 Å². The maximum atomic E-state index is 5.64. The number of hydrogen-bond donors (Lipinski definition) is 4. The lowest BCUT2D eigenvalue weighted by molar-refractivity contribution is 0.259. The summed E-state index contributed by atoms with van der Waals surface area (Å²) in [6.45, 7) is 13.5. The molecule has 0 amide bonds. The molecule has 0 unspecified atom stereocenters. The SMILES string of the molecule is CC#CC#CC#CC.NCCCN(CCCN)CCCCCCCCN(CCCN)CCCN. The molecule has 0 aromatic rings. The van der Waals surface area contributed by atoms with Gasteiger partial charge in [0.2, 0.25) is 0 Å². The Morgan fingerprint density at radius 2 is 0.647 bits per heavy atom. The van der Waals surface area contributed by atoms with Crippen LogP contribution in [0.5, 0.6) is 0 Å². The molecule has 0 saturated carbocycles. The van der Waals surface area contributed by atoms with Crippen LogP contribution in [-0.4, -0.2) is 75.2 Å². The first-order chi connectivity index (χ1) is 16.7. The van der Waals surface area contributed by atoms with Crippen LogP contribution >= 0.6 is 0 Å². The second-order valence-electron chi connectivity index (χ2n) is 8.37. The summed E-state index contributed by atoms with van der Waals surface area (Å²) >= 11 is 0. The Hall–Kier alpha value is -1.56. The van der Waals surface area contributed by atoms with Gasteiger partial charge in [0.1, 0.15) is 0 Å². The monoisotopic (exact) mass is 474 g/mol. The number of hydrogen-bond acceptors (Lipinski definition) is 6. The van der Waals surface area contributed by atoms with Crippen molar-refractivity contribution >= 4 is 0 Å². The number of nitrogens with two attached hydrogens (primary N) is 4. The Morgan fingerprint density at radius 1 is 0.382 bits per heavy atom. The van der Waals surface area contributed by atoms with Crippen molar-refractivity contribution in [1.82, 2.24) is 9.80 Å². The van der Waals surface area contributed by atoms with E-state index in [-0.39, 0.29) is 0 Å².